The average molecular weight is 727 g/mol. The van der Waals surface area contributed by atoms with Gasteiger partial charge in [0.25, 0.3) is 5.91 Å². The van der Waals surface area contributed by atoms with Gasteiger partial charge in [-0.25, -0.2) is 13.2 Å². The van der Waals surface area contributed by atoms with Crippen molar-refractivity contribution in [2.24, 2.45) is 0 Å². The van der Waals surface area contributed by atoms with E-state index in [9.17, 15) is 14.3 Å². The molecule has 0 spiro atoms. The van der Waals surface area contributed by atoms with Crippen LogP contribution in [0.3, 0.4) is 0 Å². The second kappa shape index (κ2) is 13.2. The summed E-state index contributed by atoms with van der Waals surface area (Å²) in [6.45, 7) is 6.05. The molecule has 53 heavy (non-hydrogen) atoms. The van der Waals surface area contributed by atoms with Gasteiger partial charge < -0.3 is 19.6 Å². The Morgan fingerprint density at radius 1 is 1.04 bits per heavy atom. The highest BCUT2D eigenvalue weighted by atomic mass is 19.1. The third-order valence-electron chi connectivity index (χ3n) is 11.6. The van der Waals surface area contributed by atoms with Crippen LogP contribution in [-0.4, -0.2) is 96.6 Å². The van der Waals surface area contributed by atoms with Gasteiger partial charge in [-0.05, 0) is 85.7 Å². The van der Waals surface area contributed by atoms with Crippen molar-refractivity contribution in [3.05, 3.63) is 65.1 Å². The van der Waals surface area contributed by atoms with Crippen LogP contribution in [0.1, 0.15) is 67.2 Å². The molecule has 9 rings (SSSR count). The summed E-state index contributed by atoms with van der Waals surface area (Å²) in [5.74, 6) is -0.979. The zero-order chi connectivity index (χ0) is 36.4. The number of fused-ring (bicyclic) bond motifs is 4. The fourth-order valence-corrected chi connectivity index (χ4v) is 9.02. The van der Waals surface area contributed by atoms with E-state index in [-0.39, 0.29) is 41.0 Å². The number of amides is 1. The highest BCUT2D eigenvalue weighted by Gasteiger charge is 2.49. The molecule has 276 valence electrons. The largest absolute Gasteiger partial charge is 0.508 e. The molecule has 5 aromatic rings. The van der Waals surface area contributed by atoms with E-state index in [1.54, 1.807) is 6.07 Å². The van der Waals surface area contributed by atoms with Crippen molar-refractivity contribution in [1.82, 2.24) is 34.5 Å². The summed E-state index contributed by atoms with van der Waals surface area (Å²) in [6, 6.07) is 7.61. The van der Waals surface area contributed by atoms with Gasteiger partial charge in [-0.2, -0.15) is 15.1 Å². The summed E-state index contributed by atoms with van der Waals surface area (Å²) in [4.78, 5) is 33.3. The predicted molar refractivity (Wildman–Crippen MR) is 193 cm³/mol. The lowest BCUT2D eigenvalue weighted by atomic mass is 9.94. The first-order chi connectivity index (χ1) is 25.7. The van der Waals surface area contributed by atoms with Crippen LogP contribution >= 0.6 is 0 Å². The number of aryl methyl sites for hydroxylation is 2. The Morgan fingerprint density at radius 3 is 2.72 bits per heavy atom. The molecule has 4 aliphatic heterocycles. The number of rotatable bonds is 7. The van der Waals surface area contributed by atoms with Gasteiger partial charge in [0.05, 0.1) is 23.2 Å². The molecule has 11 nitrogen and oxygen atoms in total. The summed E-state index contributed by atoms with van der Waals surface area (Å²) in [7, 11) is 0. The minimum atomic E-state index is -0.947. The molecular formula is C39H41F3N8O3. The number of hydrogen-bond acceptors (Lipinski definition) is 9. The maximum absolute atomic E-state index is 17.1. The van der Waals surface area contributed by atoms with Gasteiger partial charge in [-0.15, -0.1) is 0 Å². The summed E-state index contributed by atoms with van der Waals surface area (Å²) in [6.07, 6.45) is 5.63. The number of carbonyl (C=O) groups is 1. The van der Waals surface area contributed by atoms with Crippen molar-refractivity contribution in [2.45, 2.75) is 76.7 Å². The second-order valence-electron chi connectivity index (χ2n) is 14.9. The minimum absolute atomic E-state index is 0.0424. The Bertz CT molecular complexity index is 2260. The number of hydrogen-bond donors (Lipinski definition) is 1. The van der Waals surface area contributed by atoms with Gasteiger partial charge in [0, 0.05) is 50.9 Å². The van der Waals surface area contributed by atoms with E-state index in [1.807, 2.05) is 27.5 Å². The Kier molecular flexibility index (Phi) is 8.39. The molecule has 7 heterocycles. The number of phenolic OH excluding ortho intramolecular Hbond substituents is 1. The maximum Gasteiger partial charge on any atom is 0.319 e. The number of anilines is 1. The fraction of sp³-hybridized carbons (Fsp3) is 0.462. The number of nitrogens with zero attached hydrogens (tertiary/aromatic N) is 8. The first-order valence-electron chi connectivity index (χ1n) is 18.6. The number of aromatic nitrogens is 5. The Balaban J connectivity index is 1.15. The van der Waals surface area contributed by atoms with E-state index in [0.717, 1.165) is 51.0 Å². The van der Waals surface area contributed by atoms with Crippen LogP contribution in [0.2, 0.25) is 0 Å². The van der Waals surface area contributed by atoms with E-state index in [4.69, 9.17) is 9.72 Å². The molecule has 2 aromatic carbocycles. The number of likely N-dealkylation sites (tertiary alicyclic amines) is 1. The molecule has 1 N–H and O–H groups in total. The number of alkyl halides is 1. The van der Waals surface area contributed by atoms with Crippen LogP contribution in [0, 0.1) is 11.6 Å². The molecule has 3 saturated heterocycles. The SMILES string of the molecule is CCc1c(F)ccc2cc(O)cc(-c3ncc4c(N5CCCn6nc(C(=O)N7CCCC7)cc6C5)nc(OC[C@@]56CCCN5C[C@H](F)C6)nc4c3F)c12. The molecule has 3 aromatic heterocycles. The standard InChI is InChI=1S/C39H41F3N8O3/c1-2-27-30(41)8-7-23-15-26(51)17-28(32(23)27)34-33(42)35-29(19-43-34)36(45-38(44-35)53-22-39-9-5-13-49(39)20-24(40)18-39)48-12-6-14-50-25(21-48)16-31(46-50)37(52)47-10-3-4-11-47/h7-8,15-17,19,24,51H,2-6,9-14,18,20-22H2,1H3/t24-,39+/m1/s1. The van der Waals surface area contributed by atoms with Crippen molar-refractivity contribution < 1.29 is 27.8 Å². The van der Waals surface area contributed by atoms with E-state index < -0.39 is 23.3 Å². The van der Waals surface area contributed by atoms with Crippen LogP contribution in [0.15, 0.2) is 36.5 Å². The summed E-state index contributed by atoms with van der Waals surface area (Å²) >= 11 is 0. The van der Waals surface area contributed by atoms with Crippen molar-refractivity contribution in [3.63, 3.8) is 0 Å². The fourth-order valence-electron chi connectivity index (χ4n) is 9.02. The lowest BCUT2D eigenvalue weighted by molar-refractivity contribution is 0.0786. The molecule has 0 unspecified atom stereocenters. The third kappa shape index (κ3) is 5.81. The first-order valence-corrected chi connectivity index (χ1v) is 18.6. The maximum atomic E-state index is 17.1. The molecular weight excluding hydrogens is 685 g/mol. The molecule has 4 aliphatic rings. The molecule has 0 radical (unpaired) electrons. The lowest BCUT2D eigenvalue weighted by Crippen LogP contribution is -2.43. The Hall–Kier alpha value is -4.98. The van der Waals surface area contributed by atoms with Gasteiger partial charge in [0.2, 0.25) is 0 Å². The van der Waals surface area contributed by atoms with E-state index in [1.165, 1.54) is 24.4 Å². The van der Waals surface area contributed by atoms with Gasteiger partial charge in [-0.1, -0.05) is 13.0 Å². The molecule has 3 fully saturated rings. The van der Waals surface area contributed by atoms with Crippen molar-refractivity contribution in [2.75, 3.05) is 44.2 Å². The second-order valence-corrected chi connectivity index (χ2v) is 14.9. The van der Waals surface area contributed by atoms with Gasteiger partial charge in [0.15, 0.2) is 11.5 Å². The summed E-state index contributed by atoms with van der Waals surface area (Å²) in [5.41, 5.74) is 1.25. The monoisotopic (exact) mass is 726 g/mol. The van der Waals surface area contributed by atoms with Gasteiger partial charge in [0.1, 0.15) is 41.4 Å². The van der Waals surface area contributed by atoms with E-state index >= 15 is 8.78 Å². The zero-order valence-electron chi connectivity index (χ0n) is 29.6. The molecule has 14 heteroatoms. The van der Waals surface area contributed by atoms with Gasteiger partial charge >= 0.3 is 6.01 Å². The molecule has 0 saturated carbocycles. The van der Waals surface area contributed by atoms with E-state index in [2.05, 4.69) is 20.0 Å². The smallest absolute Gasteiger partial charge is 0.319 e. The van der Waals surface area contributed by atoms with Crippen LogP contribution in [0.25, 0.3) is 32.9 Å². The van der Waals surface area contributed by atoms with Crippen LogP contribution < -0.4 is 9.64 Å². The normalized spacial score (nSPS) is 21.8. The number of benzene rings is 2. The lowest BCUT2D eigenvalue weighted by Gasteiger charge is -2.31. The van der Waals surface area contributed by atoms with E-state index in [0.29, 0.717) is 78.7 Å². The van der Waals surface area contributed by atoms with Gasteiger partial charge in [-0.3, -0.25) is 19.4 Å². The topological polar surface area (TPSA) is 113 Å². The van der Waals surface area contributed by atoms with Crippen LogP contribution in [0.4, 0.5) is 19.0 Å². The quantitative estimate of drug-likeness (QED) is 0.210. The highest BCUT2D eigenvalue weighted by molar-refractivity contribution is 6.02. The number of aromatic hydroxyl groups is 1. The molecule has 0 aliphatic carbocycles. The van der Waals surface area contributed by atoms with Crippen LogP contribution in [-0.2, 0) is 19.5 Å². The summed E-state index contributed by atoms with van der Waals surface area (Å²) in [5, 5.41) is 16.7. The number of pyridine rings is 1. The number of phenols is 1. The average Bonchev–Trinajstić information content (AvgIpc) is 3.94. The highest BCUT2D eigenvalue weighted by Crippen LogP contribution is 2.42. The Morgan fingerprint density at radius 2 is 1.89 bits per heavy atom. The first kappa shape index (κ1) is 33.8. The third-order valence-corrected chi connectivity index (χ3v) is 11.6. The molecule has 2 atom stereocenters. The van der Waals surface area contributed by atoms with Crippen LogP contribution in [0.5, 0.6) is 11.8 Å². The molecule has 0 bridgehead atoms. The van der Waals surface area contributed by atoms with Crippen molar-refractivity contribution in [3.8, 4) is 23.0 Å². The van der Waals surface area contributed by atoms with Crippen molar-refractivity contribution >= 4 is 33.4 Å². The Labute approximate surface area is 304 Å². The zero-order valence-corrected chi connectivity index (χ0v) is 29.6. The summed E-state index contributed by atoms with van der Waals surface area (Å²) < 4.78 is 55.0. The predicted octanol–water partition coefficient (Wildman–Crippen LogP) is 6.19. The number of ether oxygens (including phenoxy) is 1. The minimum Gasteiger partial charge on any atom is -0.508 e. The van der Waals surface area contributed by atoms with Crippen molar-refractivity contribution in [1.29, 1.82) is 0 Å². The number of halogens is 3. The number of carbonyl (C=O) groups excluding carboxylic acids is 1. The molecule has 1 amide bonds.